The molecule has 0 saturated carbocycles. The summed E-state index contributed by atoms with van der Waals surface area (Å²) in [4.78, 5) is 5.56. The topological polar surface area (TPSA) is 42.4 Å². The first-order valence-electron chi connectivity index (χ1n) is 5.17. The number of fused-ring (bicyclic) bond motifs is 1. The SMILES string of the molecule is COCc1nc2c(s1)C(O)CC(C)(C)C2. The summed E-state index contributed by atoms with van der Waals surface area (Å²) in [6.07, 6.45) is 1.45. The normalized spacial score (nSPS) is 23.9. The van der Waals surface area contributed by atoms with E-state index in [2.05, 4.69) is 18.8 Å². The van der Waals surface area contributed by atoms with Crippen molar-refractivity contribution in [2.75, 3.05) is 7.11 Å². The number of rotatable bonds is 2. The van der Waals surface area contributed by atoms with E-state index in [1.807, 2.05) is 0 Å². The lowest BCUT2D eigenvalue weighted by Gasteiger charge is -2.31. The molecule has 0 saturated heterocycles. The van der Waals surface area contributed by atoms with Gasteiger partial charge in [-0.3, -0.25) is 0 Å². The van der Waals surface area contributed by atoms with Crippen molar-refractivity contribution in [1.82, 2.24) is 4.98 Å². The van der Waals surface area contributed by atoms with E-state index in [4.69, 9.17) is 4.74 Å². The molecule has 0 aromatic carbocycles. The molecule has 3 nitrogen and oxygen atoms in total. The van der Waals surface area contributed by atoms with Crippen molar-refractivity contribution in [2.45, 2.75) is 39.4 Å². The Labute approximate surface area is 94.1 Å². The molecule has 15 heavy (non-hydrogen) atoms. The quantitative estimate of drug-likeness (QED) is 0.843. The molecule has 0 amide bonds. The summed E-state index contributed by atoms with van der Waals surface area (Å²) in [6, 6.07) is 0. The van der Waals surface area contributed by atoms with Crippen LogP contribution in [0.5, 0.6) is 0 Å². The van der Waals surface area contributed by atoms with Crippen LogP contribution < -0.4 is 0 Å². The molecule has 1 atom stereocenters. The second-order valence-electron chi connectivity index (χ2n) is 4.91. The van der Waals surface area contributed by atoms with Crippen molar-refractivity contribution in [3.63, 3.8) is 0 Å². The lowest BCUT2D eigenvalue weighted by molar-refractivity contribution is 0.102. The molecule has 2 rings (SSSR count). The van der Waals surface area contributed by atoms with Gasteiger partial charge in [0.05, 0.1) is 23.3 Å². The van der Waals surface area contributed by atoms with Crippen LogP contribution >= 0.6 is 11.3 Å². The van der Waals surface area contributed by atoms with Crippen LogP contribution in [0.15, 0.2) is 0 Å². The minimum atomic E-state index is -0.341. The molecule has 1 heterocycles. The van der Waals surface area contributed by atoms with Gasteiger partial charge in [0.15, 0.2) is 0 Å². The molecule has 0 radical (unpaired) electrons. The van der Waals surface area contributed by atoms with Gasteiger partial charge in [0.25, 0.3) is 0 Å². The van der Waals surface area contributed by atoms with Crippen LogP contribution in [-0.4, -0.2) is 17.2 Å². The fourth-order valence-electron chi connectivity index (χ4n) is 2.13. The van der Waals surface area contributed by atoms with Crippen LogP contribution in [0.4, 0.5) is 0 Å². The molecule has 0 bridgehead atoms. The minimum Gasteiger partial charge on any atom is -0.387 e. The van der Waals surface area contributed by atoms with Crippen molar-refractivity contribution < 1.29 is 9.84 Å². The third kappa shape index (κ3) is 2.22. The van der Waals surface area contributed by atoms with Crippen molar-refractivity contribution in [3.05, 3.63) is 15.6 Å². The molecular weight excluding hydrogens is 210 g/mol. The lowest BCUT2D eigenvalue weighted by atomic mass is 9.77. The average molecular weight is 227 g/mol. The highest BCUT2D eigenvalue weighted by atomic mass is 32.1. The van der Waals surface area contributed by atoms with E-state index in [1.165, 1.54) is 0 Å². The average Bonchev–Trinajstić information content (AvgIpc) is 2.46. The molecular formula is C11H17NO2S. The van der Waals surface area contributed by atoms with Gasteiger partial charge in [0.2, 0.25) is 0 Å². The molecule has 1 aromatic rings. The molecule has 0 spiro atoms. The highest BCUT2D eigenvalue weighted by Crippen LogP contribution is 2.42. The monoisotopic (exact) mass is 227 g/mol. The van der Waals surface area contributed by atoms with Crippen molar-refractivity contribution >= 4 is 11.3 Å². The minimum absolute atomic E-state index is 0.158. The van der Waals surface area contributed by atoms with E-state index in [-0.39, 0.29) is 11.5 Å². The Balaban J connectivity index is 2.30. The van der Waals surface area contributed by atoms with E-state index < -0.39 is 0 Å². The molecule has 0 fully saturated rings. The Morgan fingerprint density at radius 2 is 2.33 bits per heavy atom. The molecule has 84 valence electrons. The Hall–Kier alpha value is -0.450. The number of hydrogen-bond donors (Lipinski definition) is 1. The van der Waals surface area contributed by atoms with E-state index in [0.717, 1.165) is 28.4 Å². The summed E-state index contributed by atoms with van der Waals surface area (Å²) >= 11 is 1.58. The fourth-order valence-corrected chi connectivity index (χ4v) is 3.17. The second-order valence-corrected chi connectivity index (χ2v) is 6.03. The summed E-state index contributed by atoms with van der Waals surface area (Å²) in [5.74, 6) is 0. The standard InChI is InChI=1S/C11H17NO2S/c1-11(2)4-7-10(8(13)5-11)15-9(12-7)6-14-3/h8,13H,4-6H2,1-3H3. The van der Waals surface area contributed by atoms with Gasteiger partial charge in [-0.1, -0.05) is 13.8 Å². The smallest absolute Gasteiger partial charge is 0.119 e. The van der Waals surface area contributed by atoms with Gasteiger partial charge in [-0.05, 0) is 18.3 Å². The van der Waals surface area contributed by atoms with Gasteiger partial charge in [0, 0.05) is 7.11 Å². The Morgan fingerprint density at radius 3 is 3.00 bits per heavy atom. The number of thiazole rings is 1. The van der Waals surface area contributed by atoms with Gasteiger partial charge < -0.3 is 9.84 Å². The van der Waals surface area contributed by atoms with Gasteiger partial charge in [-0.2, -0.15) is 0 Å². The maximum Gasteiger partial charge on any atom is 0.119 e. The summed E-state index contributed by atoms with van der Waals surface area (Å²) < 4.78 is 5.06. The maximum absolute atomic E-state index is 10.0. The van der Waals surface area contributed by atoms with Gasteiger partial charge >= 0.3 is 0 Å². The lowest BCUT2D eigenvalue weighted by Crippen LogP contribution is -2.24. The van der Waals surface area contributed by atoms with Gasteiger partial charge in [-0.15, -0.1) is 11.3 Å². The zero-order chi connectivity index (χ0) is 11.1. The van der Waals surface area contributed by atoms with Crippen molar-refractivity contribution in [3.8, 4) is 0 Å². The van der Waals surface area contributed by atoms with Crippen LogP contribution in [0.1, 0.15) is 42.0 Å². The van der Waals surface area contributed by atoms with E-state index in [1.54, 1.807) is 18.4 Å². The summed E-state index contributed by atoms with van der Waals surface area (Å²) in [5, 5.41) is 11.0. The molecule has 1 N–H and O–H groups in total. The Morgan fingerprint density at radius 1 is 1.60 bits per heavy atom. The summed E-state index contributed by atoms with van der Waals surface area (Å²) in [6.45, 7) is 4.90. The number of aliphatic hydroxyl groups is 1. The Bertz CT molecular complexity index is 359. The predicted octanol–water partition coefficient (Wildman–Crippen LogP) is 2.30. The molecule has 0 aliphatic heterocycles. The van der Waals surface area contributed by atoms with Crippen molar-refractivity contribution in [1.29, 1.82) is 0 Å². The van der Waals surface area contributed by atoms with E-state index in [0.29, 0.717) is 6.61 Å². The summed E-state index contributed by atoms with van der Waals surface area (Å²) in [7, 11) is 1.67. The second kappa shape index (κ2) is 3.85. The first-order chi connectivity index (χ1) is 7.02. The largest absolute Gasteiger partial charge is 0.387 e. The third-order valence-corrected chi connectivity index (χ3v) is 3.91. The molecule has 1 unspecified atom stereocenters. The number of ether oxygens (including phenoxy) is 1. The highest BCUT2D eigenvalue weighted by Gasteiger charge is 2.33. The zero-order valence-corrected chi connectivity index (χ0v) is 10.2. The predicted molar refractivity (Wildman–Crippen MR) is 59.9 cm³/mol. The molecule has 1 aliphatic rings. The first kappa shape index (κ1) is 11.0. The molecule has 1 aliphatic carbocycles. The molecule has 1 aromatic heterocycles. The van der Waals surface area contributed by atoms with Gasteiger partial charge in [0.1, 0.15) is 5.01 Å². The third-order valence-electron chi connectivity index (χ3n) is 2.73. The summed E-state index contributed by atoms with van der Waals surface area (Å²) in [5.41, 5.74) is 1.22. The Kier molecular flexibility index (Phi) is 2.83. The highest BCUT2D eigenvalue weighted by molar-refractivity contribution is 7.11. The van der Waals surface area contributed by atoms with E-state index in [9.17, 15) is 5.11 Å². The van der Waals surface area contributed by atoms with Crippen LogP contribution in [0.25, 0.3) is 0 Å². The van der Waals surface area contributed by atoms with Crippen LogP contribution in [0, 0.1) is 5.41 Å². The number of aliphatic hydroxyl groups excluding tert-OH is 1. The maximum atomic E-state index is 10.0. The van der Waals surface area contributed by atoms with Crippen LogP contribution in [-0.2, 0) is 17.8 Å². The first-order valence-corrected chi connectivity index (χ1v) is 5.99. The van der Waals surface area contributed by atoms with E-state index >= 15 is 0 Å². The number of hydrogen-bond acceptors (Lipinski definition) is 4. The van der Waals surface area contributed by atoms with Crippen LogP contribution in [0.3, 0.4) is 0 Å². The molecule has 4 heteroatoms. The fraction of sp³-hybridized carbons (Fsp3) is 0.727. The number of nitrogens with zero attached hydrogens (tertiary/aromatic N) is 1. The zero-order valence-electron chi connectivity index (χ0n) is 9.41. The van der Waals surface area contributed by atoms with Crippen LogP contribution in [0.2, 0.25) is 0 Å². The van der Waals surface area contributed by atoms with Crippen molar-refractivity contribution in [2.24, 2.45) is 5.41 Å². The van der Waals surface area contributed by atoms with Gasteiger partial charge in [-0.25, -0.2) is 4.98 Å². The number of methoxy groups -OCH3 is 1. The number of aromatic nitrogens is 1.